The van der Waals surface area contributed by atoms with Crippen LogP contribution >= 0.6 is 0 Å². The lowest BCUT2D eigenvalue weighted by molar-refractivity contribution is -0.181. The Hall–Kier alpha value is -0.900. The third kappa shape index (κ3) is 2.38. The highest BCUT2D eigenvalue weighted by molar-refractivity contribution is 5.84. The monoisotopic (exact) mass is 416 g/mol. The highest BCUT2D eigenvalue weighted by Gasteiger charge is 2.77. The maximum atomic E-state index is 13.7. The number of rotatable bonds is 3. The standard InChI is InChI=1S/C26H40O4/c1-15-17(5-6-21(29)30)26(15)12-9-19-22-18(8-11-25(19,26)4)24(3)10-7-16(27)13-23(24,2)14-20(22)28/h15-19,22,27H,5-14H2,1-4H3,(H,29,30)/t15-,16-,17-,18+,19+,22-,23+,24-,25+,26?/m1/s1. The van der Waals surface area contributed by atoms with E-state index in [1.54, 1.807) is 0 Å². The summed E-state index contributed by atoms with van der Waals surface area (Å²) in [6, 6.07) is 0. The molecule has 0 amide bonds. The van der Waals surface area contributed by atoms with E-state index in [2.05, 4.69) is 27.7 Å². The number of carbonyl (C=O) groups excluding carboxylic acids is 1. The molecule has 0 aromatic rings. The van der Waals surface area contributed by atoms with E-state index in [1.165, 1.54) is 12.8 Å². The zero-order chi connectivity index (χ0) is 21.7. The molecule has 0 bridgehead atoms. The molecule has 5 rings (SSSR count). The van der Waals surface area contributed by atoms with Crippen molar-refractivity contribution in [2.45, 2.75) is 98.0 Å². The number of carboxylic acids is 1. The highest BCUT2D eigenvalue weighted by Crippen LogP contribution is 2.82. The van der Waals surface area contributed by atoms with Crippen LogP contribution in [0.25, 0.3) is 0 Å². The lowest BCUT2D eigenvalue weighted by Crippen LogP contribution is -2.61. The van der Waals surface area contributed by atoms with Crippen LogP contribution in [0.3, 0.4) is 0 Å². The third-order valence-corrected chi connectivity index (χ3v) is 12.0. The van der Waals surface area contributed by atoms with Gasteiger partial charge in [-0.2, -0.15) is 0 Å². The van der Waals surface area contributed by atoms with Gasteiger partial charge in [-0.1, -0.05) is 27.7 Å². The summed E-state index contributed by atoms with van der Waals surface area (Å²) >= 11 is 0. The van der Waals surface area contributed by atoms with Crippen molar-refractivity contribution >= 4 is 11.8 Å². The molecular formula is C26H40O4. The summed E-state index contributed by atoms with van der Waals surface area (Å²) < 4.78 is 0. The summed E-state index contributed by atoms with van der Waals surface area (Å²) in [4.78, 5) is 24.9. The van der Waals surface area contributed by atoms with Crippen molar-refractivity contribution in [1.82, 2.24) is 0 Å². The summed E-state index contributed by atoms with van der Waals surface area (Å²) in [6.45, 7) is 9.52. The summed E-state index contributed by atoms with van der Waals surface area (Å²) in [5.74, 6) is 2.01. The van der Waals surface area contributed by atoms with E-state index in [4.69, 9.17) is 0 Å². The molecule has 4 heteroatoms. The molecule has 5 saturated carbocycles. The smallest absolute Gasteiger partial charge is 0.303 e. The topological polar surface area (TPSA) is 74.6 Å². The fraction of sp³-hybridized carbons (Fsp3) is 0.923. The molecule has 0 aliphatic heterocycles. The molecule has 0 radical (unpaired) electrons. The molecule has 5 aliphatic rings. The van der Waals surface area contributed by atoms with Crippen molar-refractivity contribution in [3.05, 3.63) is 0 Å². The number of hydrogen-bond donors (Lipinski definition) is 2. The van der Waals surface area contributed by atoms with Gasteiger partial charge in [0.25, 0.3) is 0 Å². The van der Waals surface area contributed by atoms with Gasteiger partial charge in [0.15, 0.2) is 0 Å². The minimum absolute atomic E-state index is 0.0656. The second-order valence-electron chi connectivity index (χ2n) is 12.6. The van der Waals surface area contributed by atoms with Gasteiger partial charge in [-0.05, 0) is 96.7 Å². The Kier molecular flexibility index (Phi) is 4.42. The van der Waals surface area contributed by atoms with E-state index >= 15 is 0 Å². The molecule has 2 N–H and O–H groups in total. The lowest BCUT2D eigenvalue weighted by Gasteiger charge is -2.64. The number of fused-ring (bicyclic) bond motifs is 6. The number of carbonyl (C=O) groups is 2. The molecule has 0 saturated heterocycles. The van der Waals surface area contributed by atoms with Crippen molar-refractivity contribution < 1.29 is 19.8 Å². The maximum Gasteiger partial charge on any atom is 0.303 e. The quantitative estimate of drug-likeness (QED) is 0.673. The first-order chi connectivity index (χ1) is 14.0. The van der Waals surface area contributed by atoms with Gasteiger partial charge in [-0.3, -0.25) is 9.59 Å². The van der Waals surface area contributed by atoms with E-state index < -0.39 is 5.97 Å². The average molecular weight is 417 g/mol. The van der Waals surface area contributed by atoms with Crippen LogP contribution in [-0.2, 0) is 9.59 Å². The Labute approximate surface area is 181 Å². The first-order valence-electron chi connectivity index (χ1n) is 12.4. The van der Waals surface area contributed by atoms with Gasteiger partial charge in [0.1, 0.15) is 5.78 Å². The third-order valence-electron chi connectivity index (χ3n) is 12.0. The van der Waals surface area contributed by atoms with Crippen LogP contribution < -0.4 is 0 Å². The minimum atomic E-state index is -0.679. The summed E-state index contributed by atoms with van der Waals surface area (Å²) in [5, 5.41) is 19.6. The number of carboxylic acid groups (broad SMARTS) is 1. The molecule has 0 heterocycles. The Morgan fingerprint density at radius 3 is 2.37 bits per heavy atom. The predicted octanol–water partition coefficient (Wildman–Crippen LogP) is 5.08. The summed E-state index contributed by atoms with van der Waals surface area (Å²) in [5.41, 5.74) is 0.539. The second kappa shape index (κ2) is 6.33. The number of ketones is 1. The van der Waals surface area contributed by atoms with Crippen molar-refractivity contribution in [3.8, 4) is 0 Å². The Morgan fingerprint density at radius 2 is 1.67 bits per heavy atom. The van der Waals surface area contributed by atoms with Crippen molar-refractivity contribution in [2.24, 2.45) is 51.2 Å². The summed E-state index contributed by atoms with van der Waals surface area (Å²) in [7, 11) is 0. The normalized spacial score (nSPS) is 56.9. The van der Waals surface area contributed by atoms with E-state index in [0.717, 1.165) is 38.5 Å². The van der Waals surface area contributed by atoms with Gasteiger partial charge >= 0.3 is 5.97 Å². The molecule has 0 aromatic heterocycles. The fourth-order valence-electron chi connectivity index (χ4n) is 10.3. The average Bonchev–Trinajstić information content (AvgIpc) is 3.10. The molecule has 30 heavy (non-hydrogen) atoms. The van der Waals surface area contributed by atoms with Crippen LogP contribution in [0.1, 0.15) is 91.9 Å². The fourth-order valence-corrected chi connectivity index (χ4v) is 10.3. The zero-order valence-electron chi connectivity index (χ0n) is 19.2. The molecular weight excluding hydrogens is 376 g/mol. The van der Waals surface area contributed by atoms with E-state index in [9.17, 15) is 19.8 Å². The number of Topliss-reactive ketones (excluding diaryl/α,β-unsaturated/α-hetero) is 1. The number of hydrogen-bond acceptors (Lipinski definition) is 3. The van der Waals surface area contributed by atoms with Crippen LogP contribution in [0.15, 0.2) is 0 Å². The molecule has 4 nitrogen and oxygen atoms in total. The van der Waals surface area contributed by atoms with E-state index in [1.807, 2.05) is 0 Å². The highest BCUT2D eigenvalue weighted by atomic mass is 16.4. The van der Waals surface area contributed by atoms with Gasteiger partial charge in [0.2, 0.25) is 0 Å². The van der Waals surface area contributed by atoms with E-state index in [-0.39, 0.29) is 40.1 Å². The molecule has 1 spiro atoms. The molecule has 5 fully saturated rings. The Bertz CT molecular complexity index is 777. The van der Waals surface area contributed by atoms with Crippen LogP contribution in [0.2, 0.25) is 0 Å². The minimum Gasteiger partial charge on any atom is -0.481 e. The van der Waals surface area contributed by atoms with Gasteiger partial charge in [0.05, 0.1) is 6.10 Å². The van der Waals surface area contributed by atoms with Crippen molar-refractivity contribution in [3.63, 3.8) is 0 Å². The summed E-state index contributed by atoms with van der Waals surface area (Å²) in [6.07, 6.45) is 8.82. The van der Waals surface area contributed by atoms with Gasteiger partial charge < -0.3 is 10.2 Å². The Morgan fingerprint density at radius 1 is 1.03 bits per heavy atom. The number of aliphatic carboxylic acids is 1. The molecule has 10 atom stereocenters. The first kappa shape index (κ1) is 21.0. The molecule has 168 valence electrons. The lowest BCUT2D eigenvalue weighted by atomic mass is 9.40. The first-order valence-corrected chi connectivity index (χ1v) is 12.4. The number of aliphatic hydroxyl groups excluding tert-OH is 1. The van der Waals surface area contributed by atoms with Crippen molar-refractivity contribution in [2.75, 3.05) is 0 Å². The predicted molar refractivity (Wildman–Crippen MR) is 115 cm³/mol. The molecule has 5 aliphatic carbocycles. The SMILES string of the molecule is C[C@@H]1[C@@H](CCC(=O)O)C12CC[C@H]1[C@@H]3C(=O)C[C@]4(C)C[C@H](O)CC[C@]4(C)[C@H]3CC[C@@]12C. The maximum absolute atomic E-state index is 13.7. The van der Waals surface area contributed by atoms with Crippen LogP contribution in [-0.4, -0.2) is 28.1 Å². The van der Waals surface area contributed by atoms with Crippen LogP contribution in [0.5, 0.6) is 0 Å². The largest absolute Gasteiger partial charge is 0.481 e. The van der Waals surface area contributed by atoms with E-state index in [0.29, 0.717) is 35.9 Å². The van der Waals surface area contributed by atoms with Gasteiger partial charge in [0, 0.05) is 18.8 Å². The molecule has 1 unspecified atom stereocenters. The second-order valence-corrected chi connectivity index (χ2v) is 12.6. The molecule has 0 aromatic carbocycles. The van der Waals surface area contributed by atoms with Gasteiger partial charge in [-0.15, -0.1) is 0 Å². The number of aliphatic hydroxyl groups is 1. The van der Waals surface area contributed by atoms with Crippen LogP contribution in [0.4, 0.5) is 0 Å². The van der Waals surface area contributed by atoms with Crippen LogP contribution in [0, 0.1) is 51.2 Å². The zero-order valence-corrected chi connectivity index (χ0v) is 19.2. The van der Waals surface area contributed by atoms with Crippen molar-refractivity contribution in [1.29, 1.82) is 0 Å². The Balaban J connectivity index is 1.45. The van der Waals surface area contributed by atoms with Gasteiger partial charge in [-0.25, -0.2) is 0 Å².